The number of ether oxygens (including phenoxy) is 1. The average molecular weight is 305 g/mol. The van der Waals surface area contributed by atoms with E-state index < -0.39 is 0 Å². The van der Waals surface area contributed by atoms with Crippen LogP contribution in [0.15, 0.2) is 35.2 Å². The average Bonchev–Trinajstić information content (AvgIpc) is 3.01. The molecule has 0 aliphatic carbocycles. The first-order valence-corrected chi connectivity index (χ1v) is 7.74. The molecule has 5 nitrogen and oxygen atoms in total. The minimum absolute atomic E-state index is 0.153. The largest absolute Gasteiger partial charge is 0.496 e. The molecule has 1 aromatic heterocycles. The number of hydrogen-bond donors (Lipinski definition) is 2. The fraction of sp³-hybridized carbons (Fsp3) is 0.333. The molecule has 0 bridgehead atoms. The van der Waals surface area contributed by atoms with Crippen molar-refractivity contribution in [3.63, 3.8) is 0 Å². The number of hydrogen-bond acceptors (Lipinski definition) is 4. The Kier molecular flexibility index (Phi) is 6.02. The van der Waals surface area contributed by atoms with Gasteiger partial charge in [0, 0.05) is 24.9 Å². The molecule has 2 N–H and O–H groups in total. The Bertz CT molecular complexity index is 558. The number of benzene rings is 1. The lowest BCUT2D eigenvalue weighted by molar-refractivity contribution is 0.241. The molecule has 21 heavy (non-hydrogen) atoms. The molecule has 2 amide bonds. The van der Waals surface area contributed by atoms with Gasteiger partial charge in [-0.05, 0) is 18.1 Å². The first-order valence-electron chi connectivity index (χ1n) is 6.80. The SMILES string of the molecule is COc1ccccc1CCNC(=O)NCCc1cscn1. The van der Waals surface area contributed by atoms with E-state index in [4.69, 9.17) is 4.74 Å². The van der Waals surface area contributed by atoms with E-state index >= 15 is 0 Å². The van der Waals surface area contributed by atoms with E-state index in [-0.39, 0.29) is 6.03 Å². The van der Waals surface area contributed by atoms with Crippen LogP contribution in [0.3, 0.4) is 0 Å². The van der Waals surface area contributed by atoms with Gasteiger partial charge in [-0.1, -0.05) is 18.2 Å². The predicted molar refractivity (Wildman–Crippen MR) is 83.9 cm³/mol. The zero-order valence-corrected chi connectivity index (χ0v) is 12.8. The van der Waals surface area contributed by atoms with Crippen LogP contribution in [0.25, 0.3) is 0 Å². The van der Waals surface area contributed by atoms with Crippen molar-refractivity contribution in [2.75, 3.05) is 20.2 Å². The number of aromatic nitrogens is 1. The second kappa shape index (κ2) is 8.26. The molecule has 6 heteroatoms. The maximum atomic E-state index is 11.6. The van der Waals surface area contributed by atoms with Crippen LogP contribution in [0.5, 0.6) is 5.75 Å². The van der Waals surface area contributed by atoms with Crippen LogP contribution < -0.4 is 15.4 Å². The van der Waals surface area contributed by atoms with Gasteiger partial charge in [-0.2, -0.15) is 0 Å². The van der Waals surface area contributed by atoms with Crippen molar-refractivity contribution in [1.82, 2.24) is 15.6 Å². The minimum Gasteiger partial charge on any atom is -0.496 e. The van der Waals surface area contributed by atoms with Gasteiger partial charge in [0.25, 0.3) is 0 Å². The van der Waals surface area contributed by atoms with Crippen molar-refractivity contribution in [3.05, 3.63) is 46.4 Å². The Hall–Kier alpha value is -2.08. The molecule has 0 atom stereocenters. The van der Waals surface area contributed by atoms with Crippen molar-refractivity contribution >= 4 is 17.4 Å². The van der Waals surface area contributed by atoms with Crippen molar-refractivity contribution in [3.8, 4) is 5.75 Å². The summed E-state index contributed by atoms with van der Waals surface area (Å²) in [7, 11) is 1.65. The topological polar surface area (TPSA) is 63.2 Å². The summed E-state index contributed by atoms with van der Waals surface area (Å²) in [4.78, 5) is 15.8. The Morgan fingerprint density at radius 2 is 2.00 bits per heavy atom. The lowest BCUT2D eigenvalue weighted by atomic mass is 10.1. The third-order valence-electron chi connectivity index (χ3n) is 3.02. The molecule has 112 valence electrons. The third-order valence-corrected chi connectivity index (χ3v) is 3.66. The summed E-state index contributed by atoms with van der Waals surface area (Å²) in [5.74, 6) is 0.850. The summed E-state index contributed by atoms with van der Waals surface area (Å²) in [6.07, 6.45) is 1.49. The fourth-order valence-corrected chi connectivity index (χ4v) is 2.54. The molecule has 1 aromatic carbocycles. The number of urea groups is 1. The molecular formula is C15H19N3O2S. The van der Waals surface area contributed by atoms with Crippen LogP contribution in [-0.4, -0.2) is 31.2 Å². The number of carbonyl (C=O) groups is 1. The van der Waals surface area contributed by atoms with E-state index in [0.717, 1.165) is 29.8 Å². The van der Waals surface area contributed by atoms with Crippen molar-refractivity contribution in [1.29, 1.82) is 0 Å². The van der Waals surface area contributed by atoms with E-state index in [1.54, 1.807) is 24.0 Å². The monoisotopic (exact) mass is 305 g/mol. The fourth-order valence-electron chi connectivity index (χ4n) is 1.95. The summed E-state index contributed by atoms with van der Waals surface area (Å²) in [5.41, 5.74) is 3.89. The molecular weight excluding hydrogens is 286 g/mol. The second-order valence-electron chi connectivity index (χ2n) is 4.47. The predicted octanol–water partition coefficient (Wildman–Crippen LogP) is 2.24. The Balaban J connectivity index is 1.65. The Labute approximate surface area is 128 Å². The summed E-state index contributed by atoms with van der Waals surface area (Å²) >= 11 is 1.56. The summed E-state index contributed by atoms with van der Waals surface area (Å²) in [6, 6.07) is 7.66. The van der Waals surface area contributed by atoms with Gasteiger partial charge < -0.3 is 15.4 Å². The zero-order valence-electron chi connectivity index (χ0n) is 12.0. The van der Waals surface area contributed by atoms with Gasteiger partial charge in [0.1, 0.15) is 5.75 Å². The maximum absolute atomic E-state index is 11.6. The van der Waals surface area contributed by atoms with E-state index in [1.807, 2.05) is 29.6 Å². The minimum atomic E-state index is -0.153. The highest BCUT2D eigenvalue weighted by Crippen LogP contribution is 2.17. The van der Waals surface area contributed by atoms with E-state index in [2.05, 4.69) is 15.6 Å². The number of nitrogens with zero attached hydrogens (tertiary/aromatic N) is 1. The highest BCUT2D eigenvalue weighted by Gasteiger charge is 2.03. The number of nitrogens with one attached hydrogen (secondary N) is 2. The third kappa shape index (κ3) is 5.07. The summed E-state index contributed by atoms with van der Waals surface area (Å²) in [5, 5.41) is 7.65. The molecule has 0 spiro atoms. The van der Waals surface area contributed by atoms with Crippen LogP contribution in [-0.2, 0) is 12.8 Å². The van der Waals surface area contributed by atoms with Gasteiger partial charge in [0.2, 0.25) is 0 Å². The first-order chi connectivity index (χ1) is 10.3. The van der Waals surface area contributed by atoms with Crippen LogP contribution in [0.2, 0.25) is 0 Å². The maximum Gasteiger partial charge on any atom is 0.314 e. The van der Waals surface area contributed by atoms with Gasteiger partial charge in [-0.25, -0.2) is 9.78 Å². The number of para-hydroxylation sites is 1. The number of carbonyl (C=O) groups excluding carboxylic acids is 1. The van der Waals surface area contributed by atoms with E-state index in [9.17, 15) is 4.79 Å². The Morgan fingerprint density at radius 1 is 1.24 bits per heavy atom. The molecule has 2 rings (SSSR count). The molecule has 0 aliphatic rings. The van der Waals surface area contributed by atoms with Crippen LogP contribution in [0, 0.1) is 0 Å². The lowest BCUT2D eigenvalue weighted by Gasteiger charge is -2.09. The van der Waals surface area contributed by atoms with Crippen molar-refractivity contribution < 1.29 is 9.53 Å². The van der Waals surface area contributed by atoms with E-state index in [1.165, 1.54) is 0 Å². The van der Waals surface area contributed by atoms with Gasteiger partial charge >= 0.3 is 6.03 Å². The van der Waals surface area contributed by atoms with Crippen molar-refractivity contribution in [2.45, 2.75) is 12.8 Å². The molecule has 0 radical (unpaired) electrons. The van der Waals surface area contributed by atoms with Crippen LogP contribution in [0.4, 0.5) is 4.79 Å². The number of amides is 2. The first kappa shape index (κ1) is 15.3. The van der Waals surface area contributed by atoms with Crippen LogP contribution in [0.1, 0.15) is 11.3 Å². The molecule has 0 aliphatic heterocycles. The van der Waals surface area contributed by atoms with Crippen molar-refractivity contribution in [2.24, 2.45) is 0 Å². The number of methoxy groups -OCH3 is 1. The molecule has 0 unspecified atom stereocenters. The van der Waals surface area contributed by atoms with Crippen LogP contribution >= 0.6 is 11.3 Å². The standard InChI is InChI=1S/C15H19N3O2S/c1-20-14-5-3-2-4-12(14)6-8-16-15(19)17-9-7-13-10-21-11-18-13/h2-5,10-11H,6-9H2,1H3,(H2,16,17,19). The second-order valence-corrected chi connectivity index (χ2v) is 5.19. The molecule has 0 saturated heterocycles. The van der Waals surface area contributed by atoms with Gasteiger partial charge in [-0.15, -0.1) is 11.3 Å². The highest BCUT2D eigenvalue weighted by atomic mass is 32.1. The normalized spacial score (nSPS) is 10.1. The van der Waals surface area contributed by atoms with Gasteiger partial charge in [0.05, 0.1) is 18.3 Å². The zero-order chi connectivity index (χ0) is 14.9. The molecule has 2 aromatic rings. The van der Waals surface area contributed by atoms with Gasteiger partial charge in [-0.3, -0.25) is 0 Å². The van der Waals surface area contributed by atoms with Gasteiger partial charge in [0.15, 0.2) is 0 Å². The summed E-state index contributed by atoms with van der Waals surface area (Å²) < 4.78 is 5.27. The summed E-state index contributed by atoms with van der Waals surface area (Å²) in [6.45, 7) is 1.16. The quantitative estimate of drug-likeness (QED) is 0.824. The molecule has 1 heterocycles. The highest BCUT2D eigenvalue weighted by molar-refractivity contribution is 7.07. The lowest BCUT2D eigenvalue weighted by Crippen LogP contribution is -2.37. The van der Waals surface area contributed by atoms with E-state index in [0.29, 0.717) is 13.1 Å². The number of rotatable bonds is 7. The molecule has 0 saturated carbocycles. The molecule has 0 fully saturated rings. The smallest absolute Gasteiger partial charge is 0.314 e. The Morgan fingerprint density at radius 3 is 2.71 bits per heavy atom. The number of thiazole rings is 1.